The smallest absolute Gasteiger partial charge is 0.252 e. The highest BCUT2D eigenvalue weighted by atomic mass is 15.2. The number of fused-ring (bicyclic) bond motifs is 13. The van der Waals surface area contributed by atoms with Crippen molar-refractivity contribution in [3.8, 4) is 61.6 Å². The van der Waals surface area contributed by atoms with Crippen molar-refractivity contribution < 1.29 is 0 Å². The Morgan fingerprint density at radius 2 is 0.521 bits per heavy atom. The van der Waals surface area contributed by atoms with E-state index in [1.807, 2.05) is 0 Å². The monoisotopic (exact) mass is 1500 g/mol. The van der Waals surface area contributed by atoms with Gasteiger partial charge in [-0.1, -0.05) is 278 Å². The fourth-order valence-electron chi connectivity index (χ4n) is 19.0. The maximum atomic E-state index is 2.65. The summed E-state index contributed by atoms with van der Waals surface area (Å²) in [6.45, 7) is 13.7. The zero-order valence-electron chi connectivity index (χ0n) is 66.3. The second-order valence-corrected chi connectivity index (χ2v) is 33.7. The first-order valence-corrected chi connectivity index (χ1v) is 40.9. The third-order valence-electron chi connectivity index (χ3n) is 24.6. The maximum absolute atomic E-state index is 2.65. The molecule has 0 atom stereocenters. The van der Waals surface area contributed by atoms with E-state index in [9.17, 15) is 0 Å². The summed E-state index contributed by atoms with van der Waals surface area (Å²) in [5, 5.41) is 7.38. The molecule has 0 aliphatic carbocycles. The van der Waals surface area contributed by atoms with Gasteiger partial charge in [0.05, 0.1) is 38.8 Å². The molecule has 0 saturated carbocycles. The van der Waals surface area contributed by atoms with Crippen molar-refractivity contribution in [1.82, 2.24) is 13.7 Å². The van der Waals surface area contributed by atoms with Gasteiger partial charge in [-0.05, 0) is 241 Å². The van der Waals surface area contributed by atoms with E-state index >= 15 is 0 Å². The molecule has 2 aliphatic heterocycles. The summed E-state index contributed by atoms with van der Waals surface area (Å²) < 4.78 is 7.46. The van der Waals surface area contributed by atoms with Crippen LogP contribution in [-0.4, -0.2) is 20.4 Å². The highest BCUT2D eigenvalue weighted by Crippen LogP contribution is 2.52. The lowest BCUT2D eigenvalue weighted by Gasteiger charge is -2.45. The third-order valence-corrected chi connectivity index (χ3v) is 24.6. The van der Waals surface area contributed by atoms with Crippen molar-refractivity contribution in [2.75, 3.05) is 14.7 Å². The summed E-state index contributed by atoms with van der Waals surface area (Å²) in [5.41, 5.74) is 34.7. The van der Waals surface area contributed by atoms with E-state index in [0.717, 1.165) is 124 Å². The van der Waals surface area contributed by atoms with E-state index in [1.165, 1.54) is 81.9 Å². The molecule has 0 radical (unpaired) electrons. The molecule has 117 heavy (non-hydrogen) atoms. The quantitative estimate of drug-likeness (QED) is 0.114. The summed E-state index contributed by atoms with van der Waals surface area (Å²) in [7, 11) is 0. The van der Waals surface area contributed by atoms with Gasteiger partial charge in [-0.2, -0.15) is 0 Å². The summed E-state index contributed by atoms with van der Waals surface area (Å²) in [5.74, 6) is 0. The van der Waals surface area contributed by atoms with Crippen molar-refractivity contribution >= 4 is 140 Å². The first-order chi connectivity index (χ1) is 57.3. The van der Waals surface area contributed by atoms with Gasteiger partial charge in [-0.25, -0.2) is 0 Å². The normalized spacial score (nSPS) is 12.6. The van der Waals surface area contributed by atoms with Crippen LogP contribution in [0.4, 0.5) is 51.2 Å². The Hall–Kier alpha value is -14.4. The molecule has 0 spiro atoms. The molecule has 0 bridgehead atoms. The molecule has 2 aliphatic rings. The lowest BCUT2D eigenvalue weighted by molar-refractivity contribution is 0.590. The van der Waals surface area contributed by atoms with Crippen LogP contribution >= 0.6 is 0 Å². The van der Waals surface area contributed by atoms with Crippen molar-refractivity contribution in [2.45, 2.75) is 52.4 Å². The molecule has 22 rings (SSSR count). The summed E-state index contributed by atoms with van der Waals surface area (Å²) >= 11 is 0. The molecule has 0 unspecified atom stereocenters. The molecular formula is C110H83BN6. The third kappa shape index (κ3) is 11.5. The Balaban J connectivity index is 0.883. The molecule has 0 fully saturated rings. The van der Waals surface area contributed by atoms with Gasteiger partial charge in [0.2, 0.25) is 0 Å². The number of hydrogen-bond acceptors (Lipinski definition) is 3. The van der Waals surface area contributed by atoms with Crippen LogP contribution in [0.5, 0.6) is 0 Å². The Bertz CT molecular complexity index is 7020. The zero-order chi connectivity index (χ0) is 78.4. The molecule has 17 aromatic carbocycles. The zero-order valence-corrected chi connectivity index (χ0v) is 66.3. The van der Waals surface area contributed by atoms with Gasteiger partial charge in [0.25, 0.3) is 6.71 Å². The number of rotatable bonds is 12. The lowest BCUT2D eigenvalue weighted by Crippen LogP contribution is -2.61. The van der Waals surface area contributed by atoms with E-state index in [4.69, 9.17) is 0 Å². The van der Waals surface area contributed by atoms with Gasteiger partial charge in [0.15, 0.2) is 0 Å². The van der Waals surface area contributed by atoms with E-state index in [2.05, 4.69) is 464 Å². The van der Waals surface area contributed by atoms with E-state index in [1.54, 1.807) is 0 Å². The molecule has 6 nitrogen and oxygen atoms in total. The van der Waals surface area contributed by atoms with Crippen LogP contribution in [0.15, 0.2) is 394 Å². The first-order valence-electron chi connectivity index (χ1n) is 40.9. The van der Waals surface area contributed by atoms with Gasteiger partial charge in [0.1, 0.15) is 0 Å². The van der Waals surface area contributed by atoms with Gasteiger partial charge in [-0.15, -0.1) is 0 Å². The SMILES string of the molecule is CC(C)(C)c1ccc2c(c1)c1cc(C(C)(C)C)ccc1n2-c1ccc2c(c1)N(c1cc(-c3ccccc3)cc(-c3ccccc3)c1)c1cc(N(c3ccccc3)c3ccc(-n4c5ccccc5c5ccccc54)cc3)cc3c1B2c1ccc(-n2c4ccccc4c4ccccc42)cc1N3c1cc(-c2ccccc2)cc(-c2ccccc2)c1. The van der Waals surface area contributed by atoms with Gasteiger partial charge < -0.3 is 28.4 Å². The van der Waals surface area contributed by atoms with E-state index in [0.29, 0.717) is 0 Å². The van der Waals surface area contributed by atoms with E-state index < -0.39 is 0 Å². The van der Waals surface area contributed by atoms with E-state index in [-0.39, 0.29) is 17.5 Å². The van der Waals surface area contributed by atoms with Crippen LogP contribution in [-0.2, 0) is 10.8 Å². The van der Waals surface area contributed by atoms with Gasteiger partial charge >= 0.3 is 0 Å². The predicted molar refractivity (Wildman–Crippen MR) is 497 cm³/mol. The summed E-state index contributed by atoms with van der Waals surface area (Å²) in [6.07, 6.45) is 0. The molecule has 0 saturated heterocycles. The molecule has 20 aromatic rings. The molecule has 7 heteroatoms. The standard InChI is InChI=1S/C110H83BN6/c1-109(2,3)80-48-58-102-94(66-80)95-67-81(110(4,5)6)49-59-103(95)115(102)86-55-57-97-105(69-86)117(88-64-78(74-34-16-9-17-35-74)61-79(65-88)75-36-18-10-19-37-75)107-71-89(112(82-38-20-11-21-39-82)83-50-52-84(53-51-83)113-98-44-26-22-40-90(98)91-41-23-27-45-99(91)113)70-106-108(107)111(97)96-56-54-85(114-100-46-28-24-42-92(100)93-43-25-29-47-101(93)114)68-104(96)116(106)87-62-76(72-30-12-7-13-31-72)60-77(63-87)73-32-14-8-15-33-73/h7-71H,1-6H3. The highest BCUT2D eigenvalue weighted by Gasteiger charge is 2.45. The number of nitrogens with zero attached hydrogens (tertiary/aromatic N) is 6. The molecule has 5 heterocycles. The average Bonchev–Trinajstić information content (AvgIpc) is 1.00. The fraction of sp³-hybridized carbons (Fsp3) is 0.0727. The topological polar surface area (TPSA) is 24.5 Å². The van der Waals surface area contributed by atoms with Crippen LogP contribution in [0.1, 0.15) is 52.7 Å². The lowest BCUT2D eigenvalue weighted by atomic mass is 9.33. The minimum atomic E-state index is -0.294. The van der Waals surface area contributed by atoms with Crippen LogP contribution in [0.2, 0.25) is 0 Å². The van der Waals surface area contributed by atoms with Crippen molar-refractivity contribution in [3.05, 3.63) is 405 Å². The molecule has 556 valence electrons. The largest absolute Gasteiger partial charge is 0.311 e. The van der Waals surface area contributed by atoms with Crippen LogP contribution < -0.4 is 31.1 Å². The molecular weight excluding hydrogens is 1420 g/mol. The van der Waals surface area contributed by atoms with Crippen molar-refractivity contribution in [3.63, 3.8) is 0 Å². The number of aromatic nitrogens is 3. The van der Waals surface area contributed by atoms with Crippen LogP contribution in [0.25, 0.3) is 127 Å². The second kappa shape index (κ2) is 27.2. The Morgan fingerprint density at radius 1 is 0.214 bits per heavy atom. The number of para-hydroxylation sites is 5. The Labute approximate surface area is 683 Å². The molecule has 0 amide bonds. The predicted octanol–water partition coefficient (Wildman–Crippen LogP) is 27.8. The number of hydrogen-bond donors (Lipinski definition) is 0. The van der Waals surface area contributed by atoms with Crippen molar-refractivity contribution in [1.29, 1.82) is 0 Å². The number of anilines is 9. The minimum Gasteiger partial charge on any atom is -0.311 e. The average molecular weight is 1500 g/mol. The first kappa shape index (κ1) is 69.3. The van der Waals surface area contributed by atoms with Crippen LogP contribution in [0.3, 0.4) is 0 Å². The van der Waals surface area contributed by atoms with Crippen molar-refractivity contribution in [2.24, 2.45) is 0 Å². The Morgan fingerprint density at radius 3 is 0.880 bits per heavy atom. The molecule has 0 N–H and O–H groups in total. The highest BCUT2D eigenvalue weighted by molar-refractivity contribution is 7.00. The summed E-state index contributed by atoms with van der Waals surface area (Å²) in [6, 6.07) is 148. The van der Waals surface area contributed by atoms with Crippen LogP contribution in [0, 0.1) is 0 Å². The van der Waals surface area contributed by atoms with Gasteiger partial charge in [-0.3, -0.25) is 0 Å². The van der Waals surface area contributed by atoms with Gasteiger partial charge in [0, 0.05) is 94.9 Å². The second-order valence-electron chi connectivity index (χ2n) is 33.7. The summed E-state index contributed by atoms with van der Waals surface area (Å²) in [4.78, 5) is 7.79. The number of benzene rings is 17. The molecule has 3 aromatic heterocycles. The maximum Gasteiger partial charge on any atom is 0.252 e. The fourth-order valence-corrected chi connectivity index (χ4v) is 19.0. The minimum absolute atomic E-state index is 0.0769. The Kier molecular flexibility index (Phi) is 16.1.